The molecule has 0 unspecified atom stereocenters. The Labute approximate surface area is 634 Å². The van der Waals surface area contributed by atoms with Gasteiger partial charge in [-0.25, -0.2) is 14.4 Å². The van der Waals surface area contributed by atoms with Gasteiger partial charge in [0.1, 0.15) is 35.8 Å². The monoisotopic (exact) mass is 1530 g/mol. The number of fused-ring (bicyclic) bond motifs is 6. The summed E-state index contributed by atoms with van der Waals surface area (Å²) in [5, 5.41) is 0. The summed E-state index contributed by atoms with van der Waals surface area (Å²) >= 11 is 7.60. The first kappa shape index (κ1) is 77.7. The Morgan fingerprint density at radius 3 is 1.28 bits per heavy atom. The first-order chi connectivity index (χ1) is 49.9. The minimum Gasteiger partial charge on any atom is -0.490 e. The zero-order valence-electron chi connectivity index (χ0n) is 63.0. The van der Waals surface area contributed by atoms with Crippen LogP contribution in [-0.2, 0) is 61.2 Å². The highest BCUT2D eigenvalue weighted by Gasteiger charge is 2.56. The molecule has 0 amide bonds. The molecule has 0 bridgehead atoms. The van der Waals surface area contributed by atoms with Gasteiger partial charge in [-0.1, -0.05) is 187 Å². The fraction of sp³-hybridized carbons (Fsp3) is 0.414. The van der Waals surface area contributed by atoms with Crippen LogP contribution in [0.4, 0.5) is 5.69 Å². The largest absolute Gasteiger partial charge is 0.494 e. The summed E-state index contributed by atoms with van der Waals surface area (Å²) in [5.41, 5.74) is 13.6. The number of ether oxygens (including phenoxy) is 6. The summed E-state index contributed by atoms with van der Waals surface area (Å²) in [5.74, 6) is -0.416. The molecule has 4 aliphatic rings. The van der Waals surface area contributed by atoms with Gasteiger partial charge in [-0.15, -0.1) is 0 Å². The minimum atomic E-state index is -1.22. The number of halogens is 2. The Bertz CT molecular complexity index is 4230. The summed E-state index contributed by atoms with van der Waals surface area (Å²) in [6.45, 7) is 33.7. The molecule has 2 aliphatic carbocycles. The summed E-state index contributed by atoms with van der Waals surface area (Å²) in [6, 6.07) is 53.1. The van der Waals surface area contributed by atoms with Gasteiger partial charge in [0.05, 0.1) is 66.2 Å². The van der Waals surface area contributed by atoms with Gasteiger partial charge in [0.15, 0.2) is 5.69 Å². The highest BCUT2D eigenvalue weighted by molar-refractivity contribution is 9.10. The fourth-order valence-corrected chi connectivity index (χ4v) is 15.9. The van der Waals surface area contributed by atoms with Crippen molar-refractivity contribution >= 4 is 74.6 Å². The molecule has 0 N–H and O–H groups in total. The van der Waals surface area contributed by atoms with Crippen LogP contribution in [0.2, 0.25) is 0 Å². The number of unbranched alkanes of at least 4 members (excludes halogenated alkanes) is 6. The topological polar surface area (TPSA) is 131 Å². The molecule has 2 fully saturated rings. The van der Waals surface area contributed by atoms with Crippen molar-refractivity contribution in [1.29, 1.82) is 0 Å². The highest BCUT2D eigenvalue weighted by Crippen LogP contribution is 2.61. The van der Waals surface area contributed by atoms with Gasteiger partial charge >= 0.3 is 26.2 Å². The van der Waals surface area contributed by atoms with Gasteiger partial charge in [-0.05, 0) is 232 Å². The molecular weight excluding hydrogens is 1430 g/mol. The van der Waals surface area contributed by atoms with Crippen LogP contribution in [0, 0.1) is 6.57 Å². The molecule has 0 radical (unpaired) electrons. The van der Waals surface area contributed by atoms with E-state index < -0.39 is 59.4 Å². The number of benzene rings is 8. The van der Waals surface area contributed by atoms with Crippen molar-refractivity contribution in [1.82, 2.24) is 0 Å². The van der Waals surface area contributed by atoms with Crippen LogP contribution in [0.15, 0.2) is 161 Å². The zero-order chi connectivity index (χ0) is 74.4. The SMILES string of the molecule is CCOC(=O)c1cc(C2(c3ccc(OCCOC)c(C(=O)OCC)c3)c3cc(B4OC(C)(C)C(C)(C)O4)ccc3-c3ccc(B4OC(C)(C)C(C)(C)O4)cc32)ccc1OCCOC.[C-]#[N+]c1cc(Br)cc2c1-c1ccc(Br)cc1C2(c1cccc(CCCCCC)c1)c1cccc(CCCCCC)c1. The van der Waals surface area contributed by atoms with Gasteiger partial charge in [-0.2, -0.15) is 0 Å². The zero-order valence-corrected chi connectivity index (χ0v) is 66.2. The number of esters is 2. The van der Waals surface area contributed by atoms with Crippen LogP contribution in [0.5, 0.6) is 11.5 Å². The molecule has 0 atom stereocenters. The third kappa shape index (κ3) is 15.2. The van der Waals surface area contributed by atoms with E-state index in [-0.39, 0.29) is 37.6 Å². The first-order valence-electron chi connectivity index (χ1n) is 37.0. The van der Waals surface area contributed by atoms with Crippen molar-refractivity contribution < 1.29 is 56.6 Å². The molecule has 0 spiro atoms. The van der Waals surface area contributed by atoms with Crippen molar-refractivity contribution in [3.8, 4) is 33.8 Å². The van der Waals surface area contributed by atoms with E-state index in [0.717, 1.165) is 66.1 Å². The molecule has 0 saturated carbocycles. The molecule has 2 aliphatic heterocycles. The van der Waals surface area contributed by atoms with Gasteiger partial charge in [-0.3, -0.25) is 0 Å². The lowest BCUT2D eigenvalue weighted by atomic mass is 9.64. The Morgan fingerprint density at radius 1 is 0.442 bits per heavy atom. The van der Waals surface area contributed by atoms with Crippen molar-refractivity contribution in [2.24, 2.45) is 0 Å². The van der Waals surface area contributed by atoms with Crippen LogP contribution in [0.25, 0.3) is 27.1 Å². The second-order valence-corrected chi connectivity index (χ2v) is 31.3. The van der Waals surface area contributed by atoms with E-state index in [1.165, 1.54) is 84.7 Å². The van der Waals surface area contributed by atoms with Crippen LogP contribution < -0.4 is 20.4 Å². The summed E-state index contributed by atoms with van der Waals surface area (Å²) < 4.78 is 62.7. The summed E-state index contributed by atoms with van der Waals surface area (Å²) in [6.07, 6.45) is 12.2. The molecule has 544 valence electrons. The van der Waals surface area contributed by atoms with Gasteiger partial charge in [0.2, 0.25) is 0 Å². The Balaban J connectivity index is 0.000000228. The molecule has 8 aromatic rings. The normalized spacial score (nSPS) is 16.3. The molecule has 13 nitrogen and oxygen atoms in total. The van der Waals surface area contributed by atoms with E-state index in [9.17, 15) is 9.59 Å². The number of aryl methyl sites for hydroxylation is 2. The Morgan fingerprint density at radius 2 is 0.856 bits per heavy atom. The lowest BCUT2D eigenvalue weighted by molar-refractivity contribution is 0.00578. The van der Waals surface area contributed by atoms with Gasteiger partial charge < -0.3 is 47.0 Å². The maximum atomic E-state index is 14.0. The predicted octanol–water partition coefficient (Wildman–Crippen LogP) is 19.4. The third-order valence-corrected chi connectivity index (χ3v) is 22.7. The number of rotatable bonds is 28. The van der Waals surface area contributed by atoms with E-state index >= 15 is 0 Å². The van der Waals surface area contributed by atoms with Gasteiger partial charge in [0.25, 0.3) is 0 Å². The average molecular weight is 1530 g/mol. The maximum Gasteiger partial charge on any atom is 0.494 e. The standard InChI is InChI=1S/C49H60B2O12.C38H39Br2N/c1-13-56-43(52)37-27-31(15-21-41(37)58-25-23-54-11)49(32-16-22-42(59-26-24-55-12)38(28-32)44(53)57-14-2)39-29-33(50-60-45(3,4)46(5,6)61-50)17-19-35(39)36-20-18-34(30-40(36)49)51-62-47(7,8)48(9,10)63-51;1-4-6-8-10-14-27-16-12-18-29(22-27)38(30-19-13-17-28(23-30)15-11-9-7-5-2)34-24-31(39)20-21-33(34)37-35(38)25-32(40)26-36(37)41-3/h15-22,27-30H,13-14,23-26H2,1-12H3;12-13,16-26H,4-11,14-15H2,1-2H3. The molecule has 17 heteroatoms. The van der Waals surface area contributed by atoms with Gasteiger partial charge in [0, 0.05) is 23.2 Å². The molecule has 12 rings (SSSR count). The van der Waals surface area contributed by atoms with Crippen LogP contribution >= 0.6 is 31.9 Å². The first-order valence-corrected chi connectivity index (χ1v) is 38.5. The second kappa shape index (κ2) is 32.8. The number of nitrogens with zero attached hydrogens (tertiary/aromatic N) is 1. The number of hydrogen-bond acceptors (Lipinski definition) is 12. The predicted molar refractivity (Wildman–Crippen MR) is 423 cm³/mol. The van der Waals surface area contributed by atoms with Crippen molar-refractivity contribution in [2.45, 2.75) is 181 Å². The molecule has 104 heavy (non-hydrogen) atoms. The van der Waals surface area contributed by atoms with Crippen LogP contribution in [-0.4, -0.2) is 102 Å². The minimum absolute atomic E-state index is 0.152. The molecule has 2 heterocycles. The number of carbonyl (C=O) groups is 2. The van der Waals surface area contributed by atoms with E-state index in [2.05, 4.69) is 148 Å². The fourth-order valence-electron chi connectivity index (χ4n) is 15.1. The van der Waals surface area contributed by atoms with E-state index in [1.807, 2.05) is 97.9 Å². The van der Waals surface area contributed by atoms with Crippen LogP contribution in [0.3, 0.4) is 0 Å². The Hall–Kier alpha value is -7.36. The number of methoxy groups -OCH3 is 2. The molecule has 2 saturated heterocycles. The molecular formula is C87H99B2Br2NO12. The lowest BCUT2D eigenvalue weighted by Gasteiger charge is -2.35. The molecule has 8 aromatic carbocycles. The highest BCUT2D eigenvalue weighted by atomic mass is 79.9. The van der Waals surface area contributed by atoms with Crippen molar-refractivity contribution in [3.05, 3.63) is 239 Å². The summed E-state index contributed by atoms with van der Waals surface area (Å²) in [4.78, 5) is 32.0. The third-order valence-electron chi connectivity index (χ3n) is 21.8. The van der Waals surface area contributed by atoms with E-state index in [1.54, 1.807) is 40.2 Å². The number of hydrogen-bond donors (Lipinski definition) is 0. The second-order valence-electron chi connectivity index (χ2n) is 29.5. The van der Waals surface area contributed by atoms with E-state index in [0.29, 0.717) is 41.5 Å². The lowest BCUT2D eigenvalue weighted by Crippen LogP contribution is -2.41. The number of carbonyl (C=O) groups excluding carboxylic acids is 2. The van der Waals surface area contributed by atoms with E-state index in [4.69, 9.17) is 53.6 Å². The van der Waals surface area contributed by atoms with Crippen molar-refractivity contribution in [2.75, 3.05) is 53.9 Å². The summed E-state index contributed by atoms with van der Waals surface area (Å²) in [7, 11) is 1.79. The van der Waals surface area contributed by atoms with Crippen LogP contribution in [0.1, 0.15) is 211 Å². The quantitative estimate of drug-likeness (QED) is 0.0200. The maximum absolute atomic E-state index is 14.0. The molecule has 0 aromatic heterocycles. The van der Waals surface area contributed by atoms with Crippen molar-refractivity contribution in [3.63, 3.8) is 0 Å². The Kier molecular flexibility index (Phi) is 24.5. The smallest absolute Gasteiger partial charge is 0.490 e. The average Bonchev–Trinajstić information content (AvgIpc) is 1.52.